The van der Waals surface area contributed by atoms with Gasteiger partial charge < -0.3 is 19.1 Å². The van der Waals surface area contributed by atoms with Crippen molar-refractivity contribution in [3.63, 3.8) is 0 Å². The first-order valence-electron chi connectivity index (χ1n) is 8.53. The molecule has 5 nitrogen and oxygen atoms in total. The van der Waals surface area contributed by atoms with Gasteiger partial charge in [0, 0.05) is 19.2 Å². The van der Waals surface area contributed by atoms with Gasteiger partial charge in [-0.1, -0.05) is 12.1 Å². The Kier molecular flexibility index (Phi) is 7.23. The Morgan fingerprint density at radius 2 is 1.67 bits per heavy atom. The van der Waals surface area contributed by atoms with E-state index >= 15 is 0 Å². The SMILES string of the molecule is CCN(Cc1ccc(OC)c(OC)c1)C(=O)/C=C/c1ccc(OC)c(F)c1. The maximum absolute atomic E-state index is 13.7. The van der Waals surface area contributed by atoms with Crippen molar-refractivity contribution in [2.45, 2.75) is 13.5 Å². The van der Waals surface area contributed by atoms with Crippen LogP contribution < -0.4 is 14.2 Å². The third-order valence-corrected chi connectivity index (χ3v) is 4.11. The lowest BCUT2D eigenvalue weighted by molar-refractivity contribution is -0.126. The number of halogens is 1. The molecule has 0 saturated heterocycles. The van der Waals surface area contributed by atoms with E-state index in [1.807, 2.05) is 25.1 Å². The molecule has 0 fully saturated rings. The van der Waals surface area contributed by atoms with Crippen LogP contribution in [0.5, 0.6) is 17.2 Å². The van der Waals surface area contributed by atoms with Gasteiger partial charge in [-0.3, -0.25) is 4.79 Å². The molecule has 27 heavy (non-hydrogen) atoms. The Hall–Kier alpha value is -3.02. The highest BCUT2D eigenvalue weighted by Gasteiger charge is 2.12. The van der Waals surface area contributed by atoms with E-state index < -0.39 is 5.82 Å². The highest BCUT2D eigenvalue weighted by atomic mass is 19.1. The molecule has 2 aromatic rings. The molecule has 0 aliphatic rings. The quantitative estimate of drug-likeness (QED) is 0.658. The van der Waals surface area contributed by atoms with Crippen molar-refractivity contribution < 1.29 is 23.4 Å². The normalized spacial score (nSPS) is 10.7. The third-order valence-electron chi connectivity index (χ3n) is 4.11. The van der Waals surface area contributed by atoms with Crippen LogP contribution in [0.2, 0.25) is 0 Å². The second-order valence-electron chi connectivity index (χ2n) is 5.77. The van der Waals surface area contributed by atoms with Crippen LogP contribution in [0.1, 0.15) is 18.1 Å². The Labute approximate surface area is 159 Å². The van der Waals surface area contributed by atoms with E-state index in [2.05, 4.69) is 0 Å². The lowest BCUT2D eigenvalue weighted by atomic mass is 10.1. The summed E-state index contributed by atoms with van der Waals surface area (Å²) >= 11 is 0. The van der Waals surface area contributed by atoms with Gasteiger partial charge in [-0.05, 0) is 48.4 Å². The number of carbonyl (C=O) groups excluding carboxylic acids is 1. The molecule has 0 atom stereocenters. The molecule has 1 amide bonds. The Balaban J connectivity index is 2.10. The van der Waals surface area contributed by atoms with Gasteiger partial charge in [0.25, 0.3) is 0 Å². The lowest BCUT2D eigenvalue weighted by Crippen LogP contribution is -2.28. The first kappa shape index (κ1) is 20.3. The van der Waals surface area contributed by atoms with E-state index in [1.165, 1.54) is 25.3 Å². The summed E-state index contributed by atoms with van der Waals surface area (Å²) in [7, 11) is 4.55. The smallest absolute Gasteiger partial charge is 0.246 e. The summed E-state index contributed by atoms with van der Waals surface area (Å²) in [6, 6.07) is 10.1. The second kappa shape index (κ2) is 9.62. The van der Waals surface area contributed by atoms with E-state index in [-0.39, 0.29) is 11.7 Å². The predicted octanol–water partition coefficient (Wildman–Crippen LogP) is 3.91. The minimum absolute atomic E-state index is 0.163. The zero-order valence-corrected chi connectivity index (χ0v) is 16.0. The van der Waals surface area contributed by atoms with Crippen molar-refractivity contribution in [3.8, 4) is 17.2 Å². The molecule has 0 bridgehead atoms. The van der Waals surface area contributed by atoms with Crippen molar-refractivity contribution in [2.75, 3.05) is 27.9 Å². The first-order chi connectivity index (χ1) is 13.0. The summed E-state index contributed by atoms with van der Waals surface area (Å²) < 4.78 is 29.2. The van der Waals surface area contributed by atoms with Crippen LogP contribution in [0.15, 0.2) is 42.5 Å². The van der Waals surface area contributed by atoms with Crippen LogP contribution in [0.25, 0.3) is 6.08 Å². The lowest BCUT2D eigenvalue weighted by Gasteiger charge is -2.20. The molecule has 0 spiro atoms. The van der Waals surface area contributed by atoms with Gasteiger partial charge in [-0.15, -0.1) is 0 Å². The third kappa shape index (κ3) is 5.23. The van der Waals surface area contributed by atoms with Crippen LogP contribution in [0, 0.1) is 5.82 Å². The summed E-state index contributed by atoms with van der Waals surface area (Å²) in [4.78, 5) is 14.2. The first-order valence-corrected chi connectivity index (χ1v) is 8.53. The molecule has 2 aromatic carbocycles. The maximum atomic E-state index is 13.7. The van der Waals surface area contributed by atoms with Crippen molar-refractivity contribution in [1.29, 1.82) is 0 Å². The number of benzene rings is 2. The zero-order valence-electron chi connectivity index (χ0n) is 16.0. The molecule has 0 radical (unpaired) electrons. The van der Waals surface area contributed by atoms with E-state index in [1.54, 1.807) is 31.3 Å². The predicted molar refractivity (Wildman–Crippen MR) is 103 cm³/mol. The van der Waals surface area contributed by atoms with Crippen molar-refractivity contribution in [2.24, 2.45) is 0 Å². The van der Waals surface area contributed by atoms with Crippen LogP contribution >= 0.6 is 0 Å². The standard InChI is InChI=1S/C21H24FNO4/c1-5-23(14-16-7-10-19(26-3)20(13-16)27-4)21(24)11-8-15-6-9-18(25-2)17(22)12-15/h6-13H,5,14H2,1-4H3/b11-8+. The van der Waals surface area contributed by atoms with Crippen LogP contribution in [-0.4, -0.2) is 38.7 Å². The molecule has 0 aliphatic carbocycles. The number of nitrogens with zero attached hydrogens (tertiary/aromatic N) is 1. The molecule has 144 valence electrons. The summed E-state index contributed by atoms with van der Waals surface area (Å²) in [6.07, 6.45) is 3.02. The minimum Gasteiger partial charge on any atom is -0.494 e. The topological polar surface area (TPSA) is 48.0 Å². The molecule has 0 saturated carbocycles. The van der Waals surface area contributed by atoms with Gasteiger partial charge in [-0.2, -0.15) is 0 Å². The Bertz CT molecular complexity index is 820. The summed E-state index contributed by atoms with van der Waals surface area (Å²) in [5.41, 5.74) is 1.51. The van der Waals surface area contributed by atoms with Crippen molar-refractivity contribution in [1.82, 2.24) is 4.90 Å². The van der Waals surface area contributed by atoms with Gasteiger partial charge in [0.05, 0.1) is 21.3 Å². The fourth-order valence-corrected chi connectivity index (χ4v) is 2.60. The molecule has 0 aliphatic heterocycles. The number of hydrogen-bond acceptors (Lipinski definition) is 4. The van der Waals surface area contributed by atoms with Crippen LogP contribution in [-0.2, 0) is 11.3 Å². The van der Waals surface area contributed by atoms with Gasteiger partial charge in [-0.25, -0.2) is 4.39 Å². The maximum Gasteiger partial charge on any atom is 0.246 e. The van der Waals surface area contributed by atoms with Crippen LogP contribution in [0.3, 0.4) is 0 Å². The Morgan fingerprint density at radius 1 is 1.00 bits per heavy atom. The van der Waals surface area contributed by atoms with E-state index in [9.17, 15) is 9.18 Å². The Morgan fingerprint density at radius 3 is 2.26 bits per heavy atom. The highest BCUT2D eigenvalue weighted by Crippen LogP contribution is 2.28. The van der Waals surface area contributed by atoms with E-state index in [0.29, 0.717) is 30.2 Å². The van der Waals surface area contributed by atoms with Crippen molar-refractivity contribution in [3.05, 3.63) is 59.4 Å². The van der Waals surface area contributed by atoms with E-state index in [0.717, 1.165) is 5.56 Å². The second-order valence-corrected chi connectivity index (χ2v) is 5.77. The molecule has 0 unspecified atom stereocenters. The number of likely N-dealkylation sites (N-methyl/N-ethyl adjacent to an activating group) is 1. The van der Waals surface area contributed by atoms with Gasteiger partial charge in [0.1, 0.15) is 0 Å². The molecule has 6 heteroatoms. The molecular weight excluding hydrogens is 349 g/mol. The average Bonchev–Trinajstić information content (AvgIpc) is 2.70. The molecule has 0 heterocycles. The molecule has 2 rings (SSSR count). The van der Waals surface area contributed by atoms with Crippen molar-refractivity contribution >= 4 is 12.0 Å². The van der Waals surface area contributed by atoms with Gasteiger partial charge in [0.2, 0.25) is 5.91 Å². The number of methoxy groups -OCH3 is 3. The van der Waals surface area contributed by atoms with Crippen LogP contribution in [0.4, 0.5) is 4.39 Å². The average molecular weight is 373 g/mol. The number of amides is 1. The number of ether oxygens (including phenoxy) is 3. The van der Waals surface area contributed by atoms with Gasteiger partial charge in [0.15, 0.2) is 23.1 Å². The zero-order chi connectivity index (χ0) is 19.8. The van der Waals surface area contributed by atoms with E-state index in [4.69, 9.17) is 14.2 Å². The number of carbonyl (C=O) groups is 1. The fourth-order valence-electron chi connectivity index (χ4n) is 2.60. The highest BCUT2D eigenvalue weighted by molar-refractivity contribution is 5.91. The van der Waals surface area contributed by atoms with Gasteiger partial charge >= 0.3 is 0 Å². The summed E-state index contributed by atoms with van der Waals surface area (Å²) in [5.74, 6) is 0.787. The summed E-state index contributed by atoms with van der Waals surface area (Å²) in [5, 5.41) is 0. The fraction of sp³-hybridized carbons (Fsp3) is 0.286. The number of rotatable bonds is 8. The molecular formula is C21H24FNO4. The minimum atomic E-state index is -0.468. The molecule has 0 aromatic heterocycles. The summed E-state index contributed by atoms with van der Waals surface area (Å²) in [6.45, 7) is 2.87. The monoisotopic (exact) mass is 373 g/mol. The largest absolute Gasteiger partial charge is 0.494 e. The molecule has 0 N–H and O–H groups in total. The number of hydrogen-bond donors (Lipinski definition) is 0.